The number of piperidine rings is 1. The highest BCUT2D eigenvalue weighted by Crippen LogP contribution is 2.18. The van der Waals surface area contributed by atoms with Crippen molar-refractivity contribution in [1.82, 2.24) is 4.90 Å². The van der Waals surface area contributed by atoms with E-state index in [9.17, 15) is 4.79 Å². The molecule has 1 saturated heterocycles. The Morgan fingerprint density at radius 1 is 1.35 bits per heavy atom. The number of benzene rings is 1. The van der Waals surface area contributed by atoms with E-state index < -0.39 is 0 Å². The van der Waals surface area contributed by atoms with Gasteiger partial charge in [0, 0.05) is 17.5 Å². The SMILES string of the molecule is CC1CCCCN1C(=O)Cc1ccc(S)cc1. The molecular formula is C14H19NOS. The Hall–Kier alpha value is -0.960. The molecule has 2 rings (SSSR count). The Labute approximate surface area is 108 Å². The molecule has 1 aliphatic heterocycles. The van der Waals surface area contributed by atoms with Gasteiger partial charge in [-0.3, -0.25) is 4.79 Å². The first-order chi connectivity index (χ1) is 8.16. The molecule has 1 heterocycles. The number of carbonyl (C=O) groups excluding carboxylic acids is 1. The van der Waals surface area contributed by atoms with Crippen LogP contribution in [0.25, 0.3) is 0 Å². The molecule has 1 aliphatic rings. The fourth-order valence-electron chi connectivity index (χ4n) is 2.36. The maximum Gasteiger partial charge on any atom is 0.227 e. The molecule has 0 radical (unpaired) electrons. The van der Waals surface area contributed by atoms with Gasteiger partial charge in [0.1, 0.15) is 0 Å². The molecule has 0 bridgehead atoms. The number of rotatable bonds is 2. The summed E-state index contributed by atoms with van der Waals surface area (Å²) in [5.41, 5.74) is 1.07. The van der Waals surface area contributed by atoms with E-state index in [1.165, 1.54) is 6.42 Å². The highest BCUT2D eigenvalue weighted by molar-refractivity contribution is 7.80. The van der Waals surface area contributed by atoms with Gasteiger partial charge in [-0.2, -0.15) is 0 Å². The van der Waals surface area contributed by atoms with Crippen LogP contribution in [0.5, 0.6) is 0 Å². The molecule has 92 valence electrons. The molecule has 17 heavy (non-hydrogen) atoms. The number of nitrogens with zero attached hydrogens (tertiary/aromatic N) is 1. The summed E-state index contributed by atoms with van der Waals surface area (Å²) in [6.45, 7) is 3.07. The third-order valence-corrected chi connectivity index (χ3v) is 3.71. The molecule has 0 saturated carbocycles. The van der Waals surface area contributed by atoms with Crippen LogP contribution in [0.15, 0.2) is 29.2 Å². The predicted octanol–water partition coefficient (Wildman–Crippen LogP) is 2.92. The van der Waals surface area contributed by atoms with Crippen LogP contribution in [0, 0.1) is 0 Å². The Kier molecular flexibility index (Phi) is 4.11. The second kappa shape index (κ2) is 5.58. The molecule has 0 aromatic heterocycles. The van der Waals surface area contributed by atoms with Gasteiger partial charge in [-0.05, 0) is 43.9 Å². The largest absolute Gasteiger partial charge is 0.340 e. The number of hydrogen-bond acceptors (Lipinski definition) is 2. The summed E-state index contributed by atoms with van der Waals surface area (Å²) in [5.74, 6) is 0.254. The van der Waals surface area contributed by atoms with Crippen molar-refractivity contribution in [2.45, 2.75) is 43.5 Å². The molecule has 1 aromatic carbocycles. The van der Waals surface area contributed by atoms with E-state index in [4.69, 9.17) is 0 Å². The fraction of sp³-hybridized carbons (Fsp3) is 0.500. The molecular weight excluding hydrogens is 230 g/mol. The summed E-state index contributed by atoms with van der Waals surface area (Å²) in [7, 11) is 0. The van der Waals surface area contributed by atoms with Crippen LogP contribution in [0.1, 0.15) is 31.7 Å². The monoisotopic (exact) mass is 249 g/mol. The average Bonchev–Trinajstić information content (AvgIpc) is 2.32. The van der Waals surface area contributed by atoms with Gasteiger partial charge in [0.25, 0.3) is 0 Å². The van der Waals surface area contributed by atoms with Crippen molar-refractivity contribution in [3.63, 3.8) is 0 Å². The van der Waals surface area contributed by atoms with Gasteiger partial charge in [0.15, 0.2) is 0 Å². The van der Waals surface area contributed by atoms with Crippen LogP contribution in [0.2, 0.25) is 0 Å². The van der Waals surface area contributed by atoms with Crippen LogP contribution in [0.4, 0.5) is 0 Å². The molecule has 1 unspecified atom stereocenters. The zero-order chi connectivity index (χ0) is 12.3. The van der Waals surface area contributed by atoms with E-state index in [0.717, 1.165) is 29.8 Å². The molecule has 1 atom stereocenters. The van der Waals surface area contributed by atoms with Crippen LogP contribution < -0.4 is 0 Å². The third kappa shape index (κ3) is 3.25. The van der Waals surface area contributed by atoms with Gasteiger partial charge in [0.2, 0.25) is 5.91 Å². The maximum atomic E-state index is 12.2. The van der Waals surface area contributed by atoms with Gasteiger partial charge in [-0.15, -0.1) is 12.6 Å². The minimum Gasteiger partial charge on any atom is -0.340 e. The van der Waals surface area contributed by atoms with E-state index in [1.807, 2.05) is 29.2 Å². The van der Waals surface area contributed by atoms with E-state index >= 15 is 0 Å². The number of likely N-dealkylation sites (tertiary alicyclic amines) is 1. The van der Waals surface area contributed by atoms with Gasteiger partial charge in [0.05, 0.1) is 6.42 Å². The van der Waals surface area contributed by atoms with Gasteiger partial charge >= 0.3 is 0 Å². The van der Waals surface area contributed by atoms with Gasteiger partial charge in [-0.1, -0.05) is 12.1 Å². The summed E-state index contributed by atoms with van der Waals surface area (Å²) in [4.78, 5) is 15.1. The number of thiol groups is 1. The minimum atomic E-state index is 0.254. The topological polar surface area (TPSA) is 20.3 Å². The van der Waals surface area contributed by atoms with Crippen molar-refractivity contribution < 1.29 is 4.79 Å². The number of hydrogen-bond donors (Lipinski definition) is 1. The zero-order valence-corrected chi connectivity index (χ0v) is 11.1. The second-order valence-corrected chi connectivity index (χ2v) is 5.29. The standard InChI is InChI=1S/C14H19NOS/c1-11-4-2-3-9-15(11)14(16)10-12-5-7-13(17)8-6-12/h5-8,11,17H,2-4,9-10H2,1H3. The number of carbonyl (C=O) groups is 1. The highest BCUT2D eigenvalue weighted by atomic mass is 32.1. The van der Waals surface area contributed by atoms with Gasteiger partial charge < -0.3 is 4.90 Å². The Bertz CT molecular complexity index is 388. The Morgan fingerprint density at radius 3 is 2.71 bits per heavy atom. The van der Waals surface area contributed by atoms with Crippen molar-refractivity contribution in [3.8, 4) is 0 Å². The smallest absolute Gasteiger partial charge is 0.227 e. The van der Waals surface area contributed by atoms with E-state index in [-0.39, 0.29) is 5.91 Å². The van der Waals surface area contributed by atoms with Crippen LogP contribution in [-0.2, 0) is 11.2 Å². The number of amides is 1. The van der Waals surface area contributed by atoms with E-state index in [0.29, 0.717) is 12.5 Å². The summed E-state index contributed by atoms with van der Waals surface area (Å²) in [6.07, 6.45) is 4.05. The molecule has 1 aromatic rings. The van der Waals surface area contributed by atoms with Crippen molar-refractivity contribution in [2.75, 3.05) is 6.54 Å². The van der Waals surface area contributed by atoms with Crippen molar-refractivity contribution in [1.29, 1.82) is 0 Å². The molecule has 0 spiro atoms. The lowest BCUT2D eigenvalue weighted by Crippen LogP contribution is -2.42. The Morgan fingerprint density at radius 2 is 2.06 bits per heavy atom. The lowest BCUT2D eigenvalue weighted by Gasteiger charge is -2.33. The second-order valence-electron chi connectivity index (χ2n) is 4.78. The third-order valence-electron chi connectivity index (χ3n) is 3.42. The maximum absolute atomic E-state index is 12.2. The Balaban J connectivity index is 1.98. The first-order valence-corrected chi connectivity index (χ1v) is 6.69. The van der Waals surface area contributed by atoms with Crippen molar-refractivity contribution >= 4 is 18.5 Å². The summed E-state index contributed by atoms with van der Waals surface area (Å²) in [5, 5.41) is 0. The molecule has 1 fully saturated rings. The van der Waals surface area contributed by atoms with Crippen LogP contribution in [0.3, 0.4) is 0 Å². The van der Waals surface area contributed by atoms with Crippen LogP contribution in [-0.4, -0.2) is 23.4 Å². The normalized spacial score (nSPS) is 20.4. The molecule has 0 N–H and O–H groups in total. The summed E-state index contributed by atoms with van der Waals surface area (Å²) in [6, 6.07) is 8.24. The molecule has 1 amide bonds. The zero-order valence-electron chi connectivity index (χ0n) is 10.2. The van der Waals surface area contributed by atoms with E-state index in [2.05, 4.69) is 19.6 Å². The average molecular weight is 249 g/mol. The van der Waals surface area contributed by atoms with Gasteiger partial charge in [-0.25, -0.2) is 0 Å². The fourth-order valence-corrected chi connectivity index (χ4v) is 2.51. The lowest BCUT2D eigenvalue weighted by atomic mass is 10.0. The highest BCUT2D eigenvalue weighted by Gasteiger charge is 2.22. The quantitative estimate of drug-likeness (QED) is 0.799. The minimum absolute atomic E-state index is 0.254. The summed E-state index contributed by atoms with van der Waals surface area (Å²) >= 11 is 4.24. The molecule has 2 nitrogen and oxygen atoms in total. The first kappa shape index (κ1) is 12.5. The predicted molar refractivity (Wildman–Crippen MR) is 72.4 cm³/mol. The molecule has 3 heteroatoms. The van der Waals surface area contributed by atoms with Crippen molar-refractivity contribution in [2.24, 2.45) is 0 Å². The van der Waals surface area contributed by atoms with Crippen molar-refractivity contribution in [3.05, 3.63) is 29.8 Å². The molecule has 0 aliphatic carbocycles. The lowest BCUT2D eigenvalue weighted by molar-refractivity contribution is -0.133. The first-order valence-electron chi connectivity index (χ1n) is 6.24. The summed E-state index contributed by atoms with van der Waals surface area (Å²) < 4.78 is 0. The van der Waals surface area contributed by atoms with E-state index in [1.54, 1.807) is 0 Å². The van der Waals surface area contributed by atoms with Crippen LogP contribution >= 0.6 is 12.6 Å².